The topological polar surface area (TPSA) is 78.1 Å². The van der Waals surface area contributed by atoms with Gasteiger partial charge in [0.2, 0.25) is 11.8 Å². The van der Waals surface area contributed by atoms with E-state index in [1.165, 1.54) is 0 Å². The maximum Gasteiger partial charge on any atom is 0.247 e. The average molecular weight is 439 g/mol. The molecule has 1 fully saturated rings. The lowest BCUT2D eigenvalue weighted by molar-refractivity contribution is -0.136. The molecule has 2 amide bonds. The number of para-hydroxylation sites is 3. The van der Waals surface area contributed by atoms with Crippen LogP contribution < -0.4 is 5.32 Å². The highest BCUT2D eigenvalue weighted by molar-refractivity contribution is 6.00. The molecular weight excluding hydrogens is 412 g/mol. The predicted octanol–water partition coefficient (Wildman–Crippen LogP) is 4.79. The fourth-order valence-corrected chi connectivity index (χ4v) is 4.51. The third-order valence-corrected chi connectivity index (χ3v) is 6.16. The minimum absolute atomic E-state index is 0.00977. The van der Waals surface area contributed by atoms with E-state index in [4.69, 9.17) is 0 Å². The van der Waals surface area contributed by atoms with E-state index >= 15 is 0 Å². The maximum atomic E-state index is 13.2. The molecule has 33 heavy (non-hydrogen) atoms. The van der Waals surface area contributed by atoms with Gasteiger partial charge in [0, 0.05) is 30.6 Å². The Labute approximate surface area is 192 Å². The van der Waals surface area contributed by atoms with E-state index < -0.39 is 6.04 Å². The summed E-state index contributed by atoms with van der Waals surface area (Å²) in [4.78, 5) is 35.7. The van der Waals surface area contributed by atoms with Gasteiger partial charge in [-0.25, -0.2) is 4.98 Å². The van der Waals surface area contributed by atoms with Crippen LogP contribution in [0.2, 0.25) is 0 Å². The number of anilines is 1. The Morgan fingerprint density at radius 2 is 1.73 bits per heavy atom. The van der Waals surface area contributed by atoms with Gasteiger partial charge in [-0.3, -0.25) is 9.59 Å². The normalized spacial score (nSPS) is 15.6. The van der Waals surface area contributed by atoms with E-state index in [0.717, 1.165) is 40.1 Å². The van der Waals surface area contributed by atoms with Gasteiger partial charge in [0.1, 0.15) is 11.9 Å². The zero-order valence-corrected chi connectivity index (χ0v) is 18.3. The van der Waals surface area contributed by atoms with Gasteiger partial charge in [-0.2, -0.15) is 0 Å². The van der Waals surface area contributed by atoms with Gasteiger partial charge < -0.3 is 15.2 Å². The summed E-state index contributed by atoms with van der Waals surface area (Å²) in [6.07, 6.45) is 2.35. The first-order valence-electron chi connectivity index (χ1n) is 11.4. The standard InChI is InChI=1S/C27H26N4O2/c32-26(17-16-25-28-22-13-6-7-14-23(22)29-25)31-18-8-15-24(31)27(33)30-21-12-5-4-11-20(21)19-9-2-1-3-10-19/h1-7,9-14,24H,8,15-18H2,(H,28,29)(H,30,33)/t24-/m0/s1. The van der Waals surface area contributed by atoms with Crippen molar-refractivity contribution in [3.8, 4) is 11.1 Å². The summed E-state index contributed by atoms with van der Waals surface area (Å²) in [5.41, 5.74) is 4.63. The molecule has 6 heteroatoms. The van der Waals surface area contributed by atoms with Crippen LogP contribution in [0.25, 0.3) is 22.2 Å². The Bertz CT molecular complexity index is 1250. The zero-order chi connectivity index (χ0) is 22.6. The molecule has 2 N–H and O–H groups in total. The summed E-state index contributed by atoms with van der Waals surface area (Å²) in [6.45, 7) is 0.609. The number of likely N-dealkylation sites (tertiary alicyclic amines) is 1. The molecule has 0 radical (unpaired) electrons. The molecule has 0 saturated carbocycles. The van der Waals surface area contributed by atoms with Crippen molar-refractivity contribution in [3.05, 3.63) is 84.7 Å². The minimum Gasteiger partial charge on any atom is -0.342 e. The molecule has 166 valence electrons. The van der Waals surface area contributed by atoms with Crippen LogP contribution in [0.5, 0.6) is 0 Å². The minimum atomic E-state index is -0.447. The molecule has 0 unspecified atom stereocenters. The first-order chi connectivity index (χ1) is 16.2. The third kappa shape index (κ3) is 4.51. The second-order valence-electron chi connectivity index (χ2n) is 8.35. The van der Waals surface area contributed by atoms with E-state index in [1.807, 2.05) is 78.9 Å². The second-order valence-corrected chi connectivity index (χ2v) is 8.35. The number of aromatic nitrogens is 2. The molecule has 0 spiro atoms. The lowest BCUT2D eigenvalue weighted by atomic mass is 10.0. The second kappa shape index (κ2) is 9.28. The monoisotopic (exact) mass is 438 g/mol. The number of nitrogens with one attached hydrogen (secondary N) is 2. The highest BCUT2D eigenvalue weighted by Gasteiger charge is 2.34. The van der Waals surface area contributed by atoms with Crippen molar-refractivity contribution >= 4 is 28.5 Å². The van der Waals surface area contributed by atoms with Gasteiger partial charge in [0.25, 0.3) is 0 Å². The number of aromatic amines is 1. The van der Waals surface area contributed by atoms with Crippen molar-refractivity contribution < 1.29 is 9.59 Å². The summed E-state index contributed by atoms with van der Waals surface area (Å²) in [5, 5.41) is 3.08. The summed E-state index contributed by atoms with van der Waals surface area (Å²) in [5.74, 6) is 0.652. The number of carbonyl (C=O) groups excluding carboxylic acids is 2. The summed E-state index contributed by atoms with van der Waals surface area (Å²) in [7, 11) is 0. The molecule has 1 atom stereocenters. The van der Waals surface area contributed by atoms with Gasteiger partial charge in [-0.05, 0) is 36.6 Å². The van der Waals surface area contributed by atoms with Crippen molar-refractivity contribution in [2.45, 2.75) is 31.7 Å². The molecule has 6 nitrogen and oxygen atoms in total. The highest BCUT2D eigenvalue weighted by atomic mass is 16.2. The van der Waals surface area contributed by atoms with Crippen molar-refractivity contribution in [2.24, 2.45) is 0 Å². The van der Waals surface area contributed by atoms with E-state index in [0.29, 0.717) is 25.8 Å². The third-order valence-electron chi connectivity index (χ3n) is 6.16. The number of imidazole rings is 1. The Morgan fingerprint density at radius 3 is 2.58 bits per heavy atom. The number of benzene rings is 3. The maximum absolute atomic E-state index is 13.2. The zero-order valence-electron chi connectivity index (χ0n) is 18.3. The number of H-pyrrole nitrogens is 1. The van der Waals surface area contributed by atoms with Crippen molar-refractivity contribution in [1.29, 1.82) is 0 Å². The number of carbonyl (C=O) groups is 2. The van der Waals surface area contributed by atoms with Crippen LogP contribution in [0.4, 0.5) is 5.69 Å². The van der Waals surface area contributed by atoms with Crippen LogP contribution in [-0.2, 0) is 16.0 Å². The van der Waals surface area contributed by atoms with E-state index in [1.54, 1.807) is 4.90 Å². The van der Waals surface area contributed by atoms with Gasteiger partial charge in [-0.1, -0.05) is 60.7 Å². The highest BCUT2D eigenvalue weighted by Crippen LogP contribution is 2.29. The van der Waals surface area contributed by atoms with E-state index in [-0.39, 0.29) is 11.8 Å². The number of aryl methyl sites for hydroxylation is 1. The predicted molar refractivity (Wildman–Crippen MR) is 130 cm³/mol. The number of nitrogens with zero attached hydrogens (tertiary/aromatic N) is 2. The van der Waals surface area contributed by atoms with Crippen LogP contribution >= 0.6 is 0 Å². The first kappa shape index (κ1) is 20.9. The Hall–Kier alpha value is -3.93. The van der Waals surface area contributed by atoms with Crippen LogP contribution in [0.3, 0.4) is 0 Å². The summed E-state index contributed by atoms with van der Waals surface area (Å²) < 4.78 is 0. The van der Waals surface area contributed by atoms with Crippen molar-refractivity contribution in [3.63, 3.8) is 0 Å². The van der Waals surface area contributed by atoms with E-state index in [2.05, 4.69) is 15.3 Å². The number of hydrogen-bond donors (Lipinski definition) is 2. The largest absolute Gasteiger partial charge is 0.342 e. The van der Waals surface area contributed by atoms with Crippen molar-refractivity contribution in [1.82, 2.24) is 14.9 Å². The molecule has 4 aromatic rings. The van der Waals surface area contributed by atoms with Gasteiger partial charge >= 0.3 is 0 Å². The first-order valence-corrected chi connectivity index (χ1v) is 11.4. The van der Waals surface area contributed by atoms with E-state index in [9.17, 15) is 9.59 Å². The number of hydrogen-bond acceptors (Lipinski definition) is 3. The molecule has 0 bridgehead atoms. The summed E-state index contributed by atoms with van der Waals surface area (Å²) in [6, 6.07) is 25.1. The molecule has 5 rings (SSSR count). The average Bonchev–Trinajstić information content (AvgIpc) is 3.51. The molecule has 3 aromatic carbocycles. The van der Waals surface area contributed by atoms with Gasteiger partial charge in [0.05, 0.1) is 11.0 Å². The molecule has 1 aliphatic rings. The molecule has 1 aliphatic heterocycles. The van der Waals surface area contributed by atoms with Crippen LogP contribution in [-0.4, -0.2) is 39.3 Å². The summed E-state index contributed by atoms with van der Waals surface area (Å²) >= 11 is 0. The molecule has 1 aromatic heterocycles. The lowest BCUT2D eigenvalue weighted by Crippen LogP contribution is -2.43. The smallest absolute Gasteiger partial charge is 0.247 e. The molecule has 0 aliphatic carbocycles. The fraction of sp³-hybridized carbons (Fsp3) is 0.222. The quantitative estimate of drug-likeness (QED) is 0.454. The van der Waals surface area contributed by atoms with Gasteiger partial charge in [-0.15, -0.1) is 0 Å². The molecule has 2 heterocycles. The Morgan fingerprint density at radius 1 is 0.970 bits per heavy atom. The Kier molecular flexibility index (Phi) is 5.89. The number of rotatable bonds is 6. The Balaban J connectivity index is 1.26. The van der Waals surface area contributed by atoms with Crippen LogP contribution in [0.1, 0.15) is 25.1 Å². The van der Waals surface area contributed by atoms with Crippen LogP contribution in [0.15, 0.2) is 78.9 Å². The van der Waals surface area contributed by atoms with Crippen LogP contribution in [0, 0.1) is 0 Å². The SMILES string of the molecule is O=C(Nc1ccccc1-c1ccccc1)[C@@H]1CCCN1C(=O)CCc1nc2ccccc2[nH]1. The van der Waals surface area contributed by atoms with Gasteiger partial charge in [0.15, 0.2) is 0 Å². The number of fused-ring (bicyclic) bond motifs is 1. The molecular formula is C27H26N4O2. The lowest BCUT2D eigenvalue weighted by Gasteiger charge is -2.24. The fourth-order valence-electron chi connectivity index (χ4n) is 4.51. The van der Waals surface area contributed by atoms with Crippen molar-refractivity contribution in [2.75, 3.05) is 11.9 Å². The molecule has 1 saturated heterocycles. The number of amides is 2.